The Morgan fingerprint density at radius 3 is 2.75 bits per heavy atom. The lowest BCUT2D eigenvalue weighted by atomic mass is 10.1. The van der Waals surface area contributed by atoms with Crippen molar-refractivity contribution < 1.29 is 13.5 Å². The van der Waals surface area contributed by atoms with Crippen LogP contribution in [0.1, 0.15) is 5.56 Å². The van der Waals surface area contributed by atoms with Crippen molar-refractivity contribution in [3.05, 3.63) is 58.6 Å². The molecule has 2 nitrogen and oxygen atoms in total. The van der Waals surface area contributed by atoms with Gasteiger partial charge in [-0.05, 0) is 36.4 Å². The van der Waals surface area contributed by atoms with Gasteiger partial charge in [0.2, 0.25) is 0 Å². The Morgan fingerprint density at radius 1 is 1.15 bits per heavy atom. The maximum atomic E-state index is 13.1. The molecule has 3 rings (SSSR count). The third-order valence-electron chi connectivity index (χ3n) is 3.21. The van der Waals surface area contributed by atoms with Crippen molar-refractivity contribution in [2.75, 3.05) is 11.9 Å². The summed E-state index contributed by atoms with van der Waals surface area (Å²) in [7, 11) is 0. The molecule has 0 bridgehead atoms. The molecule has 1 atom stereocenters. The number of anilines is 1. The number of halogens is 3. The SMILES string of the molecule is Fc1ccc2c(c1)CC(CNc1cc(F)ccc1Cl)O2. The fraction of sp³-hybridized carbons (Fsp3) is 0.200. The van der Waals surface area contributed by atoms with Gasteiger partial charge in [0.1, 0.15) is 23.5 Å². The van der Waals surface area contributed by atoms with Crippen molar-refractivity contribution >= 4 is 17.3 Å². The second kappa shape index (κ2) is 5.29. The van der Waals surface area contributed by atoms with Crippen LogP contribution in [0.15, 0.2) is 36.4 Å². The summed E-state index contributed by atoms with van der Waals surface area (Å²) in [5, 5.41) is 3.51. The minimum Gasteiger partial charge on any atom is -0.488 e. The number of hydrogen-bond donors (Lipinski definition) is 1. The van der Waals surface area contributed by atoms with Gasteiger partial charge in [-0.25, -0.2) is 8.78 Å². The van der Waals surface area contributed by atoms with E-state index in [4.69, 9.17) is 16.3 Å². The van der Waals surface area contributed by atoms with E-state index in [1.807, 2.05) is 0 Å². The highest BCUT2D eigenvalue weighted by molar-refractivity contribution is 6.33. The molecule has 5 heteroatoms. The number of benzene rings is 2. The van der Waals surface area contributed by atoms with Crippen molar-refractivity contribution in [2.24, 2.45) is 0 Å². The summed E-state index contributed by atoms with van der Waals surface area (Å²) in [5.41, 5.74) is 1.37. The highest BCUT2D eigenvalue weighted by Gasteiger charge is 2.23. The smallest absolute Gasteiger partial charge is 0.125 e. The van der Waals surface area contributed by atoms with Crippen molar-refractivity contribution in [1.82, 2.24) is 0 Å². The van der Waals surface area contributed by atoms with Crippen molar-refractivity contribution in [2.45, 2.75) is 12.5 Å². The molecule has 20 heavy (non-hydrogen) atoms. The lowest BCUT2D eigenvalue weighted by Crippen LogP contribution is -2.24. The topological polar surface area (TPSA) is 21.3 Å². The van der Waals surface area contributed by atoms with Gasteiger partial charge >= 0.3 is 0 Å². The molecular formula is C15H12ClF2NO. The monoisotopic (exact) mass is 295 g/mol. The van der Waals surface area contributed by atoms with Gasteiger partial charge in [0, 0.05) is 12.0 Å². The largest absolute Gasteiger partial charge is 0.488 e. The van der Waals surface area contributed by atoms with Gasteiger partial charge in [0.15, 0.2) is 0 Å². The van der Waals surface area contributed by atoms with Crippen LogP contribution < -0.4 is 10.1 Å². The van der Waals surface area contributed by atoms with Crippen molar-refractivity contribution in [1.29, 1.82) is 0 Å². The van der Waals surface area contributed by atoms with Gasteiger partial charge in [-0.1, -0.05) is 11.6 Å². The number of fused-ring (bicyclic) bond motifs is 1. The minimum absolute atomic E-state index is 0.119. The maximum Gasteiger partial charge on any atom is 0.125 e. The third-order valence-corrected chi connectivity index (χ3v) is 3.54. The minimum atomic E-state index is -0.352. The van der Waals surface area contributed by atoms with E-state index in [0.29, 0.717) is 29.4 Å². The second-order valence-electron chi connectivity index (χ2n) is 4.70. The summed E-state index contributed by atoms with van der Waals surface area (Å²) in [6.45, 7) is 0.472. The Balaban J connectivity index is 1.65. The van der Waals surface area contributed by atoms with Gasteiger partial charge in [0.25, 0.3) is 0 Å². The van der Waals surface area contributed by atoms with E-state index < -0.39 is 0 Å². The average molecular weight is 296 g/mol. The summed E-state index contributed by atoms with van der Waals surface area (Å²) >= 11 is 5.97. The lowest BCUT2D eigenvalue weighted by molar-refractivity contribution is 0.246. The first-order valence-corrected chi connectivity index (χ1v) is 6.63. The summed E-state index contributed by atoms with van der Waals surface area (Å²) < 4.78 is 31.9. The van der Waals surface area contributed by atoms with E-state index in [1.165, 1.54) is 30.3 Å². The van der Waals surface area contributed by atoms with Crippen molar-refractivity contribution in [3.63, 3.8) is 0 Å². The summed E-state index contributed by atoms with van der Waals surface area (Å²) in [6.07, 6.45) is 0.499. The van der Waals surface area contributed by atoms with Gasteiger partial charge in [0.05, 0.1) is 17.3 Å². The highest BCUT2D eigenvalue weighted by Crippen LogP contribution is 2.30. The van der Waals surface area contributed by atoms with Gasteiger partial charge in [-0.2, -0.15) is 0 Å². The average Bonchev–Trinajstić information content (AvgIpc) is 2.81. The molecule has 0 aromatic heterocycles. The van der Waals surface area contributed by atoms with Crippen molar-refractivity contribution in [3.8, 4) is 5.75 Å². The van der Waals surface area contributed by atoms with Gasteiger partial charge in [-0.3, -0.25) is 0 Å². The molecule has 0 fully saturated rings. The van der Waals surface area contributed by atoms with Crippen LogP contribution in [0, 0.1) is 11.6 Å². The Hall–Kier alpha value is -1.81. The van der Waals surface area contributed by atoms with Crippen LogP contribution in [0.3, 0.4) is 0 Å². The predicted octanol–water partition coefficient (Wildman–Crippen LogP) is 4.03. The first kappa shape index (κ1) is 13.2. The van der Waals surface area contributed by atoms with Crippen LogP contribution in [-0.2, 0) is 6.42 Å². The van der Waals surface area contributed by atoms with Gasteiger partial charge in [-0.15, -0.1) is 0 Å². The highest BCUT2D eigenvalue weighted by atomic mass is 35.5. The molecule has 104 valence electrons. The molecule has 0 saturated carbocycles. The molecule has 1 aliphatic rings. The Morgan fingerprint density at radius 2 is 1.90 bits per heavy atom. The molecular weight excluding hydrogens is 284 g/mol. The van der Waals surface area contributed by atoms with Crippen LogP contribution >= 0.6 is 11.6 Å². The predicted molar refractivity (Wildman–Crippen MR) is 74.4 cm³/mol. The molecule has 1 N–H and O–H groups in total. The van der Waals surface area contributed by atoms with E-state index in [2.05, 4.69) is 5.32 Å². The molecule has 1 unspecified atom stereocenters. The van der Waals surface area contributed by atoms with Crippen LogP contribution in [0.4, 0.5) is 14.5 Å². The molecule has 0 amide bonds. The van der Waals surface area contributed by atoms with E-state index in [9.17, 15) is 8.78 Å². The van der Waals surface area contributed by atoms with E-state index >= 15 is 0 Å². The zero-order valence-electron chi connectivity index (χ0n) is 10.5. The normalized spacial score (nSPS) is 16.6. The molecule has 2 aromatic carbocycles. The standard InChI is InChI=1S/C15H12ClF2NO/c16-13-3-1-11(18)7-14(13)19-8-12-6-9-5-10(17)2-4-15(9)20-12/h1-5,7,12,19H,6,8H2. The van der Waals surface area contributed by atoms with E-state index in [1.54, 1.807) is 6.07 Å². The number of hydrogen-bond acceptors (Lipinski definition) is 2. The quantitative estimate of drug-likeness (QED) is 0.923. The van der Waals surface area contributed by atoms with Crippen LogP contribution in [0.5, 0.6) is 5.75 Å². The fourth-order valence-electron chi connectivity index (χ4n) is 2.26. The fourth-order valence-corrected chi connectivity index (χ4v) is 2.44. The molecule has 1 aliphatic heterocycles. The molecule has 2 aromatic rings. The number of ether oxygens (including phenoxy) is 1. The van der Waals surface area contributed by atoms with E-state index in [0.717, 1.165) is 5.56 Å². The molecule has 0 spiro atoms. The van der Waals surface area contributed by atoms with Crippen LogP contribution in [-0.4, -0.2) is 12.6 Å². The Labute approximate surface area is 120 Å². The van der Waals surface area contributed by atoms with Crippen LogP contribution in [0.25, 0.3) is 0 Å². The van der Waals surface area contributed by atoms with Gasteiger partial charge < -0.3 is 10.1 Å². The Bertz CT molecular complexity index is 648. The first-order valence-electron chi connectivity index (χ1n) is 6.26. The molecule has 0 saturated heterocycles. The number of nitrogens with one attached hydrogen (secondary N) is 1. The lowest BCUT2D eigenvalue weighted by Gasteiger charge is -2.13. The first-order chi connectivity index (χ1) is 9.61. The second-order valence-corrected chi connectivity index (χ2v) is 5.11. The third kappa shape index (κ3) is 2.70. The Kier molecular flexibility index (Phi) is 3.49. The van der Waals surface area contributed by atoms with E-state index in [-0.39, 0.29) is 17.7 Å². The zero-order chi connectivity index (χ0) is 14.1. The summed E-state index contributed by atoms with van der Waals surface area (Å²) in [4.78, 5) is 0. The number of rotatable bonds is 3. The molecule has 0 aliphatic carbocycles. The van der Waals surface area contributed by atoms with Crippen LogP contribution in [0.2, 0.25) is 5.02 Å². The summed E-state index contributed by atoms with van der Waals surface area (Å²) in [6, 6.07) is 8.61. The molecule has 0 radical (unpaired) electrons. The zero-order valence-corrected chi connectivity index (χ0v) is 11.3. The maximum absolute atomic E-state index is 13.1. The molecule has 1 heterocycles. The summed E-state index contributed by atoms with van der Waals surface area (Å²) in [5.74, 6) is 0.0762.